The lowest BCUT2D eigenvalue weighted by atomic mass is 10.2. The number of nitrogens with zero attached hydrogens (tertiary/aromatic N) is 2. The number of carbonyl (C=O) groups excluding carboxylic acids is 1. The molecule has 1 N–H and O–H groups in total. The van der Waals surface area contributed by atoms with Crippen molar-refractivity contribution in [2.45, 2.75) is 11.5 Å². The summed E-state index contributed by atoms with van der Waals surface area (Å²) in [4.78, 5) is 12.8. The van der Waals surface area contributed by atoms with Crippen LogP contribution in [0.3, 0.4) is 0 Å². The Balaban J connectivity index is 1.78. The predicted octanol–water partition coefficient (Wildman–Crippen LogP) is 3.86. The molecule has 9 heteroatoms. The minimum Gasteiger partial charge on any atom is -0.306 e. The van der Waals surface area contributed by atoms with Gasteiger partial charge in [0.2, 0.25) is 0 Å². The molecule has 138 valence electrons. The van der Waals surface area contributed by atoms with E-state index in [-0.39, 0.29) is 22.1 Å². The van der Waals surface area contributed by atoms with E-state index in [2.05, 4.69) is 10.4 Å². The quantitative estimate of drug-likeness (QED) is 0.695. The molecule has 0 spiro atoms. The summed E-state index contributed by atoms with van der Waals surface area (Å²) in [6, 6.07) is 13.7. The number of aromatic nitrogens is 2. The molecule has 1 aliphatic heterocycles. The summed E-state index contributed by atoms with van der Waals surface area (Å²) in [7, 11) is -3.27. The number of carbonyl (C=O) groups is 1. The van der Waals surface area contributed by atoms with Gasteiger partial charge in [0.15, 0.2) is 9.84 Å². The molecule has 2 aromatic carbocycles. The number of sulfone groups is 1. The van der Waals surface area contributed by atoms with Gasteiger partial charge in [0.25, 0.3) is 5.91 Å². The van der Waals surface area contributed by atoms with Crippen LogP contribution in [-0.4, -0.2) is 24.1 Å². The van der Waals surface area contributed by atoms with Gasteiger partial charge in [0.1, 0.15) is 5.82 Å². The van der Waals surface area contributed by atoms with Crippen molar-refractivity contribution < 1.29 is 13.2 Å². The van der Waals surface area contributed by atoms with E-state index in [9.17, 15) is 13.2 Å². The molecule has 1 amide bonds. The van der Waals surface area contributed by atoms with Crippen LogP contribution in [0.15, 0.2) is 48.5 Å². The van der Waals surface area contributed by atoms with Crippen molar-refractivity contribution in [2.75, 3.05) is 5.32 Å². The molecule has 0 aliphatic carbocycles. The maximum atomic E-state index is 12.8. The van der Waals surface area contributed by atoms with E-state index in [1.54, 1.807) is 10.7 Å². The van der Waals surface area contributed by atoms with Gasteiger partial charge in [-0.15, -0.1) is 0 Å². The third-order valence-electron chi connectivity index (χ3n) is 4.20. The number of amides is 1. The predicted molar refractivity (Wildman–Crippen MR) is 104 cm³/mol. The van der Waals surface area contributed by atoms with Crippen LogP contribution in [-0.2, 0) is 21.3 Å². The summed E-state index contributed by atoms with van der Waals surface area (Å²) in [6.07, 6.45) is 0. The zero-order chi connectivity index (χ0) is 19.2. The molecule has 0 bridgehead atoms. The van der Waals surface area contributed by atoms with Crippen molar-refractivity contribution in [1.29, 1.82) is 0 Å². The Labute approximate surface area is 165 Å². The highest BCUT2D eigenvalue weighted by Gasteiger charge is 2.33. The van der Waals surface area contributed by atoms with Gasteiger partial charge in [0, 0.05) is 10.6 Å². The van der Waals surface area contributed by atoms with Gasteiger partial charge >= 0.3 is 0 Å². The second kappa shape index (κ2) is 6.67. The number of nitrogens with one attached hydrogen (secondary N) is 1. The lowest BCUT2D eigenvalue weighted by molar-refractivity contribution is 0.102. The van der Waals surface area contributed by atoms with Crippen LogP contribution < -0.4 is 5.32 Å². The standard InChI is InChI=1S/C18H13Cl2N3O3S/c19-11-6-7-13(15(20)8-11)18(24)21-17-14-9-27(25,26)10-16(14)22-23(17)12-4-2-1-3-5-12/h1-8H,9-10H2,(H,21,24). The number of hydrogen-bond donors (Lipinski definition) is 1. The van der Waals surface area contributed by atoms with Crippen molar-refractivity contribution in [3.63, 3.8) is 0 Å². The summed E-state index contributed by atoms with van der Waals surface area (Å²) in [5, 5.41) is 7.80. The summed E-state index contributed by atoms with van der Waals surface area (Å²) >= 11 is 12.0. The normalized spacial score (nSPS) is 14.7. The highest BCUT2D eigenvalue weighted by molar-refractivity contribution is 7.90. The average Bonchev–Trinajstić information content (AvgIpc) is 3.08. The highest BCUT2D eigenvalue weighted by atomic mass is 35.5. The van der Waals surface area contributed by atoms with Crippen molar-refractivity contribution in [1.82, 2.24) is 9.78 Å². The minimum absolute atomic E-state index is 0.146. The highest BCUT2D eigenvalue weighted by Crippen LogP contribution is 2.33. The summed E-state index contributed by atoms with van der Waals surface area (Å²) in [5.41, 5.74) is 1.88. The van der Waals surface area contributed by atoms with Crippen molar-refractivity contribution in [3.05, 3.63) is 75.4 Å². The molecule has 27 heavy (non-hydrogen) atoms. The number of halogens is 2. The Hall–Kier alpha value is -2.35. The van der Waals surface area contributed by atoms with Gasteiger partial charge in [-0.1, -0.05) is 41.4 Å². The summed E-state index contributed by atoms with van der Waals surface area (Å²) in [6.45, 7) is 0. The van der Waals surface area contributed by atoms with E-state index < -0.39 is 15.7 Å². The zero-order valence-electron chi connectivity index (χ0n) is 13.8. The van der Waals surface area contributed by atoms with E-state index >= 15 is 0 Å². The van der Waals surface area contributed by atoms with Gasteiger partial charge in [-0.05, 0) is 30.3 Å². The van der Waals surface area contributed by atoms with Crippen LogP contribution in [0, 0.1) is 0 Å². The smallest absolute Gasteiger partial charge is 0.258 e. The Morgan fingerprint density at radius 1 is 1.07 bits per heavy atom. The van der Waals surface area contributed by atoms with Crippen LogP contribution >= 0.6 is 23.2 Å². The third kappa shape index (κ3) is 3.45. The SMILES string of the molecule is O=C(Nc1c2c(nn1-c1ccccc1)CS(=O)(=O)C2)c1ccc(Cl)cc1Cl. The fourth-order valence-electron chi connectivity index (χ4n) is 2.98. The van der Waals surface area contributed by atoms with Crippen LogP contribution in [0.5, 0.6) is 0 Å². The molecular weight excluding hydrogens is 409 g/mol. The lowest BCUT2D eigenvalue weighted by Gasteiger charge is -2.12. The number of anilines is 1. The fourth-order valence-corrected chi connectivity index (χ4v) is 4.96. The number of hydrogen-bond acceptors (Lipinski definition) is 4. The first-order valence-electron chi connectivity index (χ1n) is 7.97. The number of rotatable bonds is 3. The van der Waals surface area contributed by atoms with Crippen molar-refractivity contribution >= 4 is 44.8 Å². The molecule has 0 radical (unpaired) electrons. The van der Waals surface area contributed by atoms with Gasteiger partial charge in [-0.3, -0.25) is 4.79 Å². The Bertz CT molecular complexity index is 1160. The van der Waals surface area contributed by atoms with Gasteiger partial charge in [0.05, 0.1) is 33.5 Å². The molecule has 0 saturated heterocycles. The fraction of sp³-hybridized carbons (Fsp3) is 0.111. The van der Waals surface area contributed by atoms with Gasteiger partial charge in [-0.2, -0.15) is 5.10 Å². The monoisotopic (exact) mass is 421 g/mol. The molecule has 4 rings (SSSR count). The van der Waals surface area contributed by atoms with Crippen molar-refractivity contribution in [2.24, 2.45) is 0 Å². The Morgan fingerprint density at radius 2 is 1.81 bits per heavy atom. The van der Waals surface area contributed by atoms with E-state index in [1.807, 2.05) is 30.3 Å². The molecule has 1 aromatic heterocycles. The number of para-hydroxylation sites is 1. The second-order valence-electron chi connectivity index (χ2n) is 6.13. The van der Waals surface area contributed by atoms with E-state index in [0.29, 0.717) is 27.8 Å². The maximum Gasteiger partial charge on any atom is 0.258 e. The molecule has 3 aromatic rings. The van der Waals surface area contributed by atoms with E-state index in [0.717, 1.165) is 0 Å². The van der Waals surface area contributed by atoms with Gasteiger partial charge < -0.3 is 5.32 Å². The molecule has 0 saturated carbocycles. The molecule has 0 atom stereocenters. The first kappa shape index (κ1) is 18.0. The number of fused-ring (bicyclic) bond motifs is 1. The van der Waals surface area contributed by atoms with Crippen LogP contribution in [0.4, 0.5) is 5.82 Å². The topological polar surface area (TPSA) is 81.1 Å². The average molecular weight is 422 g/mol. The first-order chi connectivity index (χ1) is 12.8. The summed E-state index contributed by atoms with van der Waals surface area (Å²) < 4.78 is 25.5. The maximum absolute atomic E-state index is 12.8. The molecule has 6 nitrogen and oxygen atoms in total. The van der Waals surface area contributed by atoms with Crippen LogP contribution in [0.2, 0.25) is 10.0 Å². The van der Waals surface area contributed by atoms with Crippen LogP contribution in [0.25, 0.3) is 5.69 Å². The molecule has 2 heterocycles. The Kier molecular flexibility index (Phi) is 4.46. The largest absolute Gasteiger partial charge is 0.306 e. The second-order valence-corrected chi connectivity index (χ2v) is 9.04. The molecular formula is C18H13Cl2N3O3S. The lowest BCUT2D eigenvalue weighted by Crippen LogP contribution is -2.17. The minimum atomic E-state index is -3.27. The first-order valence-corrected chi connectivity index (χ1v) is 10.5. The van der Waals surface area contributed by atoms with Gasteiger partial charge in [-0.25, -0.2) is 13.1 Å². The van der Waals surface area contributed by atoms with E-state index in [4.69, 9.17) is 23.2 Å². The third-order valence-corrected chi connectivity index (χ3v) is 6.19. The van der Waals surface area contributed by atoms with Crippen LogP contribution in [0.1, 0.15) is 21.6 Å². The summed E-state index contributed by atoms with van der Waals surface area (Å²) in [5.74, 6) is -0.458. The molecule has 0 unspecified atom stereocenters. The van der Waals surface area contributed by atoms with E-state index in [1.165, 1.54) is 12.1 Å². The molecule has 0 fully saturated rings. The Morgan fingerprint density at radius 3 is 2.52 bits per heavy atom. The number of benzene rings is 2. The zero-order valence-corrected chi connectivity index (χ0v) is 16.1. The van der Waals surface area contributed by atoms with Crippen molar-refractivity contribution in [3.8, 4) is 5.69 Å². The molecule has 1 aliphatic rings.